The van der Waals surface area contributed by atoms with Crippen molar-refractivity contribution in [2.24, 2.45) is 4.99 Å². The summed E-state index contributed by atoms with van der Waals surface area (Å²) >= 11 is 0. The summed E-state index contributed by atoms with van der Waals surface area (Å²) < 4.78 is 27.8. The first-order chi connectivity index (χ1) is 11.6. The number of hydrogen-bond acceptors (Lipinski definition) is 3. The van der Waals surface area contributed by atoms with Crippen LogP contribution in [0.15, 0.2) is 70.6 Å². The number of benzene rings is 2. The Hall–Kier alpha value is -2.14. The first-order valence-corrected chi connectivity index (χ1v) is 9.79. The summed E-state index contributed by atoms with van der Waals surface area (Å²) in [5.74, 6) is 0.399. The highest BCUT2D eigenvalue weighted by atomic mass is 32.2. The molecular formula is C19H24N2O2S. The number of nitrogens with zero attached hydrogens (tertiary/aromatic N) is 1. The van der Waals surface area contributed by atoms with Gasteiger partial charge in [0.2, 0.25) is 0 Å². The fourth-order valence-corrected chi connectivity index (χ4v) is 3.36. The molecule has 0 aliphatic rings. The van der Waals surface area contributed by atoms with E-state index in [2.05, 4.69) is 16.6 Å². The Bertz CT molecular complexity index is 741. The minimum absolute atomic E-state index is 0.236. The summed E-state index contributed by atoms with van der Waals surface area (Å²) in [6, 6.07) is 17.7. The molecule has 0 atom stereocenters. The van der Waals surface area contributed by atoms with Crippen molar-refractivity contribution in [3.63, 3.8) is 0 Å². The Kier molecular flexibility index (Phi) is 7.00. The van der Waals surface area contributed by atoms with Crippen molar-refractivity contribution < 1.29 is 8.42 Å². The Morgan fingerprint density at radius 2 is 1.54 bits per heavy atom. The third kappa shape index (κ3) is 5.49. The Morgan fingerprint density at radius 3 is 2.17 bits per heavy atom. The summed E-state index contributed by atoms with van der Waals surface area (Å²) in [6.45, 7) is 2.77. The van der Waals surface area contributed by atoms with Crippen LogP contribution in [0.25, 0.3) is 0 Å². The lowest BCUT2D eigenvalue weighted by molar-refractivity contribution is 0.592. The van der Waals surface area contributed by atoms with E-state index in [-0.39, 0.29) is 4.90 Å². The quantitative estimate of drug-likeness (QED) is 0.447. The second kappa shape index (κ2) is 9.23. The zero-order valence-electron chi connectivity index (χ0n) is 14.0. The van der Waals surface area contributed by atoms with Crippen molar-refractivity contribution in [1.82, 2.24) is 4.72 Å². The fourth-order valence-electron chi connectivity index (χ4n) is 2.29. The third-order valence-corrected chi connectivity index (χ3v) is 4.97. The van der Waals surface area contributed by atoms with E-state index in [0.717, 1.165) is 24.8 Å². The topological polar surface area (TPSA) is 58.5 Å². The molecule has 128 valence electrons. The second-order valence-electron chi connectivity index (χ2n) is 5.58. The van der Waals surface area contributed by atoms with Gasteiger partial charge in [-0.1, -0.05) is 74.7 Å². The molecule has 0 aromatic heterocycles. The molecule has 2 rings (SSSR count). The molecule has 0 radical (unpaired) electrons. The first-order valence-electron chi connectivity index (χ1n) is 8.31. The molecule has 24 heavy (non-hydrogen) atoms. The number of rotatable bonds is 8. The average molecular weight is 344 g/mol. The van der Waals surface area contributed by atoms with Gasteiger partial charge >= 0.3 is 0 Å². The minimum atomic E-state index is -3.64. The zero-order chi connectivity index (χ0) is 17.3. The largest absolute Gasteiger partial charge is 0.267 e. The molecule has 0 unspecified atom stereocenters. The van der Waals surface area contributed by atoms with Crippen LogP contribution in [0.3, 0.4) is 0 Å². The van der Waals surface area contributed by atoms with E-state index in [1.807, 2.05) is 30.3 Å². The van der Waals surface area contributed by atoms with Crippen molar-refractivity contribution in [2.75, 3.05) is 6.54 Å². The lowest BCUT2D eigenvalue weighted by Crippen LogP contribution is -2.31. The van der Waals surface area contributed by atoms with Gasteiger partial charge in [-0.15, -0.1) is 0 Å². The minimum Gasteiger partial charge on any atom is -0.267 e. The molecule has 0 amide bonds. The van der Waals surface area contributed by atoms with Gasteiger partial charge in [0.1, 0.15) is 5.84 Å². The van der Waals surface area contributed by atoms with Gasteiger partial charge in [-0.25, -0.2) is 8.42 Å². The fraction of sp³-hybridized carbons (Fsp3) is 0.316. The smallest absolute Gasteiger partial charge is 0.263 e. The Morgan fingerprint density at radius 1 is 0.917 bits per heavy atom. The molecular weight excluding hydrogens is 320 g/mol. The van der Waals surface area contributed by atoms with Crippen molar-refractivity contribution in [3.05, 3.63) is 66.2 Å². The summed E-state index contributed by atoms with van der Waals surface area (Å²) in [5, 5.41) is 0. The van der Waals surface area contributed by atoms with Crippen molar-refractivity contribution >= 4 is 15.9 Å². The first kappa shape index (κ1) is 18.2. The number of sulfonamides is 1. The standard InChI is InChI=1S/C19H24N2O2S/c1-2-3-4-11-16-20-19(17-12-7-5-8-13-17)21-24(22,23)18-14-9-6-10-15-18/h5-10,12-15H,2-4,11,16H2,1H3,(H,20,21). The zero-order valence-corrected chi connectivity index (χ0v) is 14.8. The lowest BCUT2D eigenvalue weighted by atomic mass is 10.2. The molecule has 2 aromatic carbocycles. The van der Waals surface area contributed by atoms with Crippen LogP contribution >= 0.6 is 0 Å². The Labute approximate surface area is 144 Å². The Balaban J connectivity index is 2.18. The van der Waals surface area contributed by atoms with Crippen molar-refractivity contribution in [3.8, 4) is 0 Å². The predicted molar refractivity (Wildman–Crippen MR) is 98.8 cm³/mol. The van der Waals surface area contributed by atoms with E-state index in [1.165, 1.54) is 6.42 Å². The van der Waals surface area contributed by atoms with Gasteiger partial charge in [0, 0.05) is 12.1 Å². The van der Waals surface area contributed by atoms with Crippen LogP contribution in [0, 0.1) is 0 Å². The number of aliphatic imine (C=N–C) groups is 1. The highest BCUT2D eigenvalue weighted by molar-refractivity contribution is 7.90. The molecule has 0 saturated carbocycles. The van der Waals surface area contributed by atoms with E-state index in [1.54, 1.807) is 30.3 Å². The summed E-state index contributed by atoms with van der Waals surface area (Å²) in [7, 11) is -3.64. The molecule has 2 aromatic rings. The van der Waals surface area contributed by atoms with Gasteiger partial charge in [0.15, 0.2) is 0 Å². The maximum absolute atomic E-state index is 12.6. The molecule has 0 fully saturated rings. The van der Waals surface area contributed by atoms with Crippen LogP contribution < -0.4 is 4.72 Å². The average Bonchev–Trinajstić information content (AvgIpc) is 2.62. The highest BCUT2D eigenvalue weighted by Crippen LogP contribution is 2.10. The second-order valence-corrected chi connectivity index (χ2v) is 7.26. The molecule has 0 aliphatic carbocycles. The molecule has 0 spiro atoms. The van der Waals surface area contributed by atoms with E-state index in [9.17, 15) is 8.42 Å². The third-order valence-electron chi connectivity index (χ3n) is 3.61. The van der Waals surface area contributed by atoms with Gasteiger partial charge in [-0.3, -0.25) is 9.71 Å². The van der Waals surface area contributed by atoms with Gasteiger partial charge in [-0.05, 0) is 18.6 Å². The number of hydrogen-bond donors (Lipinski definition) is 1. The van der Waals surface area contributed by atoms with Crippen LogP contribution in [0.1, 0.15) is 38.2 Å². The van der Waals surface area contributed by atoms with Gasteiger partial charge in [0.05, 0.1) is 4.90 Å². The molecule has 0 bridgehead atoms. The van der Waals surface area contributed by atoms with Crippen molar-refractivity contribution in [2.45, 2.75) is 37.5 Å². The lowest BCUT2D eigenvalue weighted by Gasteiger charge is -2.11. The van der Waals surface area contributed by atoms with Gasteiger partial charge in [0.25, 0.3) is 10.0 Å². The van der Waals surface area contributed by atoms with E-state index < -0.39 is 10.0 Å². The van der Waals surface area contributed by atoms with Crippen LogP contribution in [-0.2, 0) is 10.0 Å². The number of nitrogens with one attached hydrogen (secondary N) is 1. The maximum atomic E-state index is 12.6. The van der Waals surface area contributed by atoms with Crippen LogP contribution in [0.5, 0.6) is 0 Å². The number of unbranched alkanes of at least 4 members (excludes halogenated alkanes) is 3. The maximum Gasteiger partial charge on any atom is 0.263 e. The van der Waals surface area contributed by atoms with E-state index in [0.29, 0.717) is 12.4 Å². The molecule has 0 heterocycles. The summed E-state index contributed by atoms with van der Waals surface area (Å²) in [6.07, 6.45) is 4.40. The van der Waals surface area contributed by atoms with Gasteiger partial charge < -0.3 is 0 Å². The van der Waals surface area contributed by atoms with Crippen LogP contribution in [0.4, 0.5) is 0 Å². The SMILES string of the molecule is CCCCCCN=C(NS(=O)(=O)c1ccccc1)c1ccccc1. The summed E-state index contributed by atoms with van der Waals surface area (Å²) in [4.78, 5) is 4.74. The van der Waals surface area contributed by atoms with E-state index >= 15 is 0 Å². The predicted octanol–water partition coefficient (Wildman–Crippen LogP) is 3.99. The molecule has 5 heteroatoms. The monoisotopic (exact) mass is 344 g/mol. The molecule has 1 N–H and O–H groups in total. The highest BCUT2D eigenvalue weighted by Gasteiger charge is 2.16. The van der Waals surface area contributed by atoms with Crippen molar-refractivity contribution in [1.29, 1.82) is 0 Å². The number of amidine groups is 1. The normalized spacial score (nSPS) is 12.1. The summed E-state index contributed by atoms with van der Waals surface area (Å²) in [5.41, 5.74) is 0.771. The molecule has 4 nitrogen and oxygen atoms in total. The molecule has 0 saturated heterocycles. The van der Waals surface area contributed by atoms with Crippen LogP contribution in [-0.4, -0.2) is 20.8 Å². The van der Waals surface area contributed by atoms with E-state index in [4.69, 9.17) is 0 Å². The van der Waals surface area contributed by atoms with Gasteiger partial charge in [-0.2, -0.15) is 0 Å². The molecule has 0 aliphatic heterocycles. The van der Waals surface area contributed by atoms with Crippen LogP contribution in [0.2, 0.25) is 0 Å².